The van der Waals surface area contributed by atoms with Crippen LogP contribution in [0.15, 0.2) is 22.7 Å². The van der Waals surface area contributed by atoms with E-state index in [-0.39, 0.29) is 18.0 Å². The lowest BCUT2D eigenvalue weighted by atomic mass is 10.1. The van der Waals surface area contributed by atoms with Gasteiger partial charge in [0, 0.05) is 36.3 Å². The van der Waals surface area contributed by atoms with Gasteiger partial charge in [0.2, 0.25) is 0 Å². The van der Waals surface area contributed by atoms with E-state index in [9.17, 15) is 9.59 Å². The zero-order valence-corrected chi connectivity index (χ0v) is 12.4. The van der Waals surface area contributed by atoms with Gasteiger partial charge in [0.15, 0.2) is 0 Å². The molecule has 2 fully saturated rings. The number of nitrogens with zero attached hydrogens (tertiary/aromatic N) is 2. The summed E-state index contributed by atoms with van der Waals surface area (Å²) >= 11 is 3.35. The first-order chi connectivity index (χ1) is 9.56. The molecular formula is C13H15BrN4O2. The Balaban J connectivity index is 1.78. The Labute approximate surface area is 125 Å². The van der Waals surface area contributed by atoms with Crippen LogP contribution in [-0.4, -0.2) is 54.0 Å². The van der Waals surface area contributed by atoms with Gasteiger partial charge in [-0.05, 0) is 18.2 Å². The number of halogens is 1. The Kier molecular flexibility index (Phi) is 3.29. The van der Waals surface area contributed by atoms with E-state index in [4.69, 9.17) is 5.73 Å². The number of carbonyl (C=O) groups is 2. The number of nitrogens with one attached hydrogen (secondary N) is 1. The summed E-state index contributed by atoms with van der Waals surface area (Å²) in [7, 11) is 0. The van der Waals surface area contributed by atoms with Gasteiger partial charge in [0.25, 0.3) is 5.91 Å². The molecule has 20 heavy (non-hydrogen) atoms. The second-order valence-corrected chi connectivity index (χ2v) is 5.93. The summed E-state index contributed by atoms with van der Waals surface area (Å²) in [5.41, 5.74) is 6.86. The van der Waals surface area contributed by atoms with Crippen molar-refractivity contribution in [2.45, 2.75) is 6.04 Å². The molecule has 0 bridgehead atoms. The number of nitrogens with two attached hydrogens (primary N) is 1. The lowest BCUT2D eigenvalue weighted by Crippen LogP contribution is -2.53. The van der Waals surface area contributed by atoms with Gasteiger partial charge in [0.1, 0.15) is 0 Å². The van der Waals surface area contributed by atoms with E-state index in [1.165, 1.54) is 0 Å². The number of nitrogen functional groups attached to an aromatic ring is 1. The average Bonchev–Trinajstić information content (AvgIpc) is 2.82. The number of hydrogen-bond donors (Lipinski definition) is 2. The summed E-state index contributed by atoms with van der Waals surface area (Å²) < 4.78 is 0.825. The van der Waals surface area contributed by atoms with Gasteiger partial charge in [-0.2, -0.15) is 0 Å². The third kappa shape index (κ3) is 2.22. The highest BCUT2D eigenvalue weighted by Crippen LogP contribution is 2.22. The maximum Gasteiger partial charge on any atom is 0.317 e. The van der Waals surface area contributed by atoms with Crippen molar-refractivity contribution in [1.82, 2.24) is 15.1 Å². The van der Waals surface area contributed by atoms with E-state index in [2.05, 4.69) is 21.2 Å². The molecule has 0 aromatic heterocycles. The van der Waals surface area contributed by atoms with Gasteiger partial charge in [-0.15, -0.1) is 0 Å². The Bertz CT molecular complexity index is 577. The van der Waals surface area contributed by atoms with E-state index in [0.717, 1.165) is 4.47 Å². The van der Waals surface area contributed by atoms with Crippen molar-refractivity contribution < 1.29 is 9.59 Å². The summed E-state index contributed by atoms with van der Waals surface area (Å²) in [5.74, 6) is -0.0807. The molecule has 7 heteroatoms. The Morgan fingerprint density at radius 2 is 2.20 bits per heavy atom. The Hall–Kier alpha value is -1.76. The fraction of sp³-hybridized carbons (Fsp3) is 0.385. The largest absolute Gasteiger partial charge is 0.398 e. The van der Waals surface area contributed by atoms with Gasteiger partial charge in [-0.3, -0.25) is 4.79 Å². The molecule has 0 saturated carbocycles. The van der Waals surface area contributed by atoms with Crippen LogP contribution < -0.4 is 11.1 Å². The first-order valence-corrected chi connectivity index (χ1v) is 7.24. The SMILES string of the molecule is Nc1ccc(Br)cc1C(=O)N1CCN2C(=O)NCC2C1. The molecule has 106 valence electrons. The van der Waals surface area contributed by atoms with Crippen LogP contribution in [0.1, 0.15) is 10.4 Å². The number of anilines is 1. The molecule has 2 saturated heterocycles. The zero-order chi connectivity index (χ0) is 14.3. The van der Waals surface area contributed by atoms with Crippen LogP contribution >= 0.6 is 15.9 Å². The van der Waals surface area contributed by atoms with Crippen molar-refractivity contribution >= 4 is 33.6 Å². The van der Waals surface area contributed by atoms with Crippen LogP contribution in [0, 0.1) is 0 Å². The highest BCUT2D eigenvalue weighted by Gasteiger charge is 2.37. The molecule has 2 aliphatic rings. The number of benzene rings is 1. The minimum atomic E-state index is -0.0807. The molecule has 0 spiro atoms. The lowest BCUT2D eigenvalue weighted by Gasteiger charge is -2.36. The number of piperazine rings is 1. The van der Waals surface area contributed by atoms with E-state index in [1.807, 2.05) is 6.07 Å². The van der Waals surface area contributed by atoms with Gasteiger partial charge >= 0.3 is 6.03 Å². The first kappa shape index (κ1) is 13.2. The molecule has 0 aliphatic carbocycles. The molecule has 0 radical (unpaired) electrons. The number of rotatable bonds is 1. The van der Waals surface area contributed by atoms with Crippen LogP contribution in [0.2, 0.25) is 0 Å². The molecule has 1 aromatic rings. The number of amides is 3. The molecule has 3 N–H and O–H groups in total. The fourth-order valence-electron chi connectivity index (χ4n) is 2.67. The second kappa shape index (κ2) is 4.97. The van der Waals surface area contributed by atoms with Crippen molar-refractivity contribution in [2.24, 2.45) is 0 Å². The summed E-state index contributed by atoms with van der Waals surface area (Å²) in [6.07, 6.45) is 0. The second-order valence-electron chi connectivity index (χ2n) is 5.02. The lowest BCUT2D eigenvalue weighted by molar-refractivity contribution is 0.0618. The number of hydrogen-bond acceptors (Lipinski definition) is 3. The number of carbonyl (C=O) groups excluding carboxylic acids is 2. The van der Waals surface area contributed by atoms with Gasteiger partial charge in [-0.25, -0.2) is 4.79 Å². The molecular weight excluding hydrogens is 324 g/mol. The number of fused-ring (bicyclic) bond motifs is 1. The third-order valence-electron chi connectivity index (χ3n) is 3.77. The van der Waals surface area contributed by atoms with Crippen LogP contribution in [-0.2, 0) is 0 Å². The number of urea groups is 1. The molecule has 3 amide bonds. The minimum absolute atomic E-state index is 0.0379. The van der Waals surface area contributed by atoms with Crippen LogP contribution in [0.5, 0.6) is 0 Å². The Morgan fingerprint density at radius 1 is 1.40 bits per heavy atom. The predicted molar refractivity (Wildman–Crippen MR) is 78.4 cm³/mol. The minimum Gasteiger partial charge on any atom is -0.398 e. The third-order valence-corrected chi connectivity index (χ3v) is 4.26. The van der Waals surface area contributed by atoms with Crippen molar-refractivity contribution in [1.29, 1.82) is 0 Å². The van der Waals surface area contributed by atoms with Gasteiger partial charge in [-0.1, -0.05) is 15.9 Å². The molecule has 1 aromatic carbocycles. The maximum absolute atomic E-state index is 12.5. The molecule has 6 nitrogen and oxygen atoms in total. The van der Waals surface area contributed by atoms with E-state index >= 15 is 0 Å². The van der Waals surface area contributed by atoms with E-state index in [0.29, 0.717) is 37.4 Å². The molecule has 2 heterocycles. The van der Waals surface area contributed by atoms with Crippen molar-refractivity contribution in [3.63, 3.8) is 0 Å². The van der Waals surface area contributed by atoms with E-state index in [1.54, 1.807) is 21.9 Å². The first-order valence-electron chi connectivity index (χ1n) is 6.45. The van der Waals surface area contributed by atoms with Gasteiger partial charge < -0.3 is 20.9 Å². The molecule has 1 unspecified atom stereocenters. The maximum atomic E-state index is 12.5. The van der Waals surface area contributed by atoms with Crippen LogP contribution in [0.4, 0.5) is 10.5 Å². The standard InChI is InChI=1S/C13H15BrN4O2/c14-8-1-2-11(15)10(5-8)12(19)17-3-4-18-9(7-17)6-16-13(18)20/h1-2,5,9H,3-4,6-7,15H2,(H,16,20). The van der Waals surface area contributed by atoms with Crippen molar-refractivity contribution in [3.8, 4) is 0 Å². The summed E-state index contributed by atoms with van der Waals surface area (Å²) in [4.78, 5) is 27.6. The zero-order valence-electron chi connectivity index (χ0n) is 10.8. The predicted octanol–water partition coefficient (Wildman–Crippen LogP) is 0.881. The quantitative estimate of drug-likeness (QED) is 0.746. The topological polar surface area (TPSA) is 78.7 Å². The molecule has 1 atom stereocenters. The molecule has 2 aliphatic heterocycles. The highest BCUT2D eigenvalue weighted by atomic mass is 79.9. The summed E-state index contributed by atoms with van der Waals surface area (Å²) in [6.45, 7) is 2.24. The highest BCUT2D eigenvalue weighted by molar-refractivity contribution is 9.10. The summed E-state index contributed by atoms with van der Waals surface area (Å²) in [6, 6.07) is 5.29. The fourth-order valence-corrected chi connectivity index (χ4v) is 3.03. The normalized spacial score (nSPS) is 21.6. The van der Waals surface area contributed by atoms with E-state index < -0.39 is 0 Å². The smallest absolute Gasteiger partial charge is 0.317 e. The molecule has 3 rings (SSSR count). The van der Waals surface area contributed by atoms with Crippen LogP contribution in [0.25, 0.3) is 0 Å². The van der Waals surface area contributed by atoms with Crippen molar-refractivity contribution in [2.75, 3.05) is 31.9 Å². The van der Waals surface area contributed by atoms with Crippen LogP contribution in [0.3, 0.4) is 0 Å². The van der Waals surface area contributed by atoms with Crippen molar-refractivity contribution in [3.05, 3.63) is 28.2 Å². The van der Waals surface area contributed by atoms with Gasteiger partial charge in [0.05, 0.1) is 11.6 Å². The monoisotopic (exact) mass is 338 g/mol. The Morgan fingerprint density at radius 3 is 3.00 bits per heavy atom. The summed E-state index contributed by atoms with van der Waals surface area (Å²) in [5, 5.41) is 2.80. The average molecular weight is 339 g/mol.